The van der Waals surface area contributed by atoms with Gasteiger partial charge in [-0.05, 0) is 48.4 Å². The number of fused-ring (bicyclic) bond motifs is 1. The van der Waals surface area contributed by atoms with Crippen molar-refractivity contribution < 1.29 is 13.6 Å². The van der Waals surface area contributed by atoms with E-state index in [9.17, 15) is 9.18 Å². The van der Waals surface area contributed by atoms with E-state index in [1.165, 1.54) is 23.5 Å². The van der Waals surface area contributed by atoms with Crippen LogP contribution in [0.25, 0.3) is 10.2 Å². The smallest absolute Gasteiger partial charge is 0.233 e. The molecule has 0 saturated carbocycles. The molecule has 2 aromatic heterocycles. The number of carbonyl (C=O) groups excluding carboxylic acids is 1. The molecule has 0 aliphatic carbocycles. The summed E-state index contributed by atoms with van der Waals surface area (Å²) in [6.45, 7) is 2.21. The Labute approximate surface area is 170 Å². The summed E-state index contributed by atoms with van der Waals surface area (Å²) in [5, 5.41) is 1.16. The quantitative estimate of drug-likeness (QED) is 0.416. The van der Waals surface area contributed by atoms with Crippen LogP contribution in [0.1, 0.15) is 16.9 Å². The molecule has 0 radical (unpaired) electrons. The Hall–Kier alpha value is -2.70. The van der Waals surface area contributed by atoms with Crippen molar-refractivity contribution in [2.24, 2.45) is 0 Å². The molecule has 2 heterocycles. The van der Waals surface area contributed by atoms with E-state index >= 15 is 0 Å². The van der Waals surface area contributed by atoms with Crippen LogP contribution < -0.4 is 4.90 Å². The second-order valence-corrected chi connectivity index (χ2v) is 7.79. The molecule has 0 bridgehead atoms. The standard InChI is InChI=1S/C21H16ClFN2O2S/c1-13-4-9-17(22)20-19(13)24-21(28-20)25(12-16-3-2-10-27-16)18(26)11-14-5-7-15(23)8-6-14/h2-10H,11-12H2,1H3. The summed E-state index contributed by atoms with van der Waals surface area (Å²) in [7, 11) is 0. The van der Waals surface area contributed by atoms with Crippen molar-refractivity contribution in [3.63, 3.8) is 0 Å². The van der Waals surface area contributed by atoms with Gasteiger partial charge in [0, 0.05) is 0 Å². The van der Waals surface area contributed by atoms with Crippen LogP contribution in [0.4, 0.5) is 9.52 Å². The first kappa shape index (κ1) is 18.7. The van der Waals surface area contributed by atoms with Crippen molar-refractivity contribution in [1.29, 1.82) is 0 Å². The molecule has 0 fully saturated rings. The van der Waals surface area contributed by atoms with Gasteiger partial charge in [-0.1, -0.05) is 41.1 Å². The van der Waals surface area contributed by atoms with Gasteiger partial charge in [-0.3, -0.25) is 9.69 Å². The van der Waals surface area contributed by atoms with Crippen LogP contribution in [-0.2, 0) is 17.8 Å². The zero-order valence-corrected chi connectivity index (χ0v) is 16.6. The van der Waals surface area contributed by atoms with Crippen LogP contribution in [0.5, 0.6) is 0 Å². The zero-order chi connectivity index (χ0) is 19.7. The highest BCUT2D eigenvalue weighted by atomic mass is 35.5. The second-order valence-electron chi connectivity index (χ2n) is 6.40. The Balaban J connectivity index is 1.71. The maximum atomic E-state index is 13.2. The molecule has 0 unspecified atom stereocenters. The van der Waals surface area contributed by atoms with Gasteiger partial charge < -0.3 is 4.42 Å². The summed E-state index contributed by atoms with van der Waals surface area (Å²) in [6, 6.07) is 13.2. The highest BCUT2D eigenvalue weighted by molar-refractivity contribution is 7.23. The van der Waals surface area contributed by atoms with E-state index in [1.807, 2.05) is 25.1 Å². The first-order chi connectivity index (χ1) is 13.5. The number of aryl methyl sites for hydroxylation is 1. The van der Waals surface area contributed by atoms with Gasteiger partial charge in [-0.2, -0.15) is 0 Å². The molecular formula is C21H16ClFN2O2S. The van der Waals surface area contributed by atoms with Gasteiger partial charge in [0.15, 0.2) is 5.13 Å². The topological polar surface area (TPSA) is 46.3 Å². The van der Waals surface area contributed by atoms with Crippen LogP contribution in [0.15, 0.2) is 59.2 Å². The molecular weight excluding hydrogens is 399 g/mol. The first-order valence-electron chi connectivity index (χ1n) is 8.64. The van der Waals surface area contributed by atoms with Gasteiger partial charge in [0.1, 0.15) is 11.6 Å². The molecule has 4 nitrogen and oxygen atoms in total. The van der Waals surface area contributed by atoms with Crippen molar-refractivity contribution in [3.8, 4) is 0 Å². The molecule has 4 aromatic rings. The molecule has 1 amide bonds. The fraction of sp³-hybridized carbons (Fsp3) is 0.143. The predicted molar refractivity (Wildman–Crippen MR) is 109 cm³/mol. The van der Waals surface area contributed by atoms with Crippen molar-refractivity contribution in [3.05, 3.63) is 82.5 Å². The number of hydrogen-bond acceptors (Lipinski definition) is 4. The number of furan rings is 1. The summed E-state index contributed by atoms with van der Waals surface area (Å²) < 4.78 is 19.4. The molecule has 0 aliphatic rings. The molecule has 142 valence electrons. The predicted octanol–water partition coefficient (Wildman–Crippen LogP) is 5.77. The second kappa shape index (κ2) is 7.73. The number of nitrogens with zero attached hydrogens (tertiary/aromatic N) is 2. The van der Waals surface area contributed by atoms with E-state index in [4.69, 9.17) is 16.0 Å². The minimum absolute atomic E-state index is 0.129. The van der Waals surface area contributed by atoms with Gasteiger partial charge in [0.2, 0.25) is 5.91 Å². The van der Waals surface area contributed by atoms with Gasteiger partial charge in [-0.25, -0.2) is 9.37 Å². The summed E-state index contributed by atoms with van der Waals surface area (Å²) in [6.07, 6.45) is 1.70. The Morgan fingerprint density at radius 3 is 2.68 bits per heavy atom. The summed E-state index contributed by atoms with van der Waals surface area (Å²) in [4.78, 5) is 19.3. The maximum Gasteiger partial charge on any atom is 0.233 e. The van der Waals surface area contributed by atoms with E-state index in [2.05, 4.69) is 4.98 Å². The Morgan fingerprint density at radius 1 is 1.21 bits per heavy atom. The average molecular weight is 415 g/mol. The lowest BCUT2D eigenvalue weighted by Crippen LogP contribution is -2.31. The van der Waals surface area contributed by atoms with E-state index in [0.717, 1.165) is 21.3 Å². The van der Waals surface area contributed by atoms with Crippen molar-refractivity contribution in [2.45, 2.75) is 19.9 Å². The van der Waals surface area contributed by atoms with Gasteiger partial charge >= 0.3 is 0 Å². The number of anilines is 1. The number of aromatic nitrogens is 1. The molecule has 0 atom stereocenters. The number of rotatable bonds is 5. The highest BCUT2D eigenvalue weighted by Gasteiger charge is 2.22. The maximum absolute atomic E-state index is 13.2. The lowest BCUT2D eigenvalue weighted by atomic mass is 10.1. The Morgan fingerprint density at radius 2 is 2.00 bits per heavy atom. The molecule has 28 heavy (non-hydrogen) atoms. The van der Waals surface area contributed by atoms with Gasteiger partial charge in [0.25, 0.3) is 0 Å². The average Bonchev–Trinajstić information content (AvgIpc) is 3.35. The minimum atomic E-state index is -0.333. The van der Waals surface area contributed by atoms with E-state index in [-0.39, 0.29) is 24.7 Å². The number of amides is 1. The van der Waals surface area contributed by atoms with Crippen molar-refractivity contribution >= 4 is 44.2 Å². The van der Waals surface area contributed by atoms with E-state index < -0.39 is 0 Å². The number of halogens is 2. The van der Waals surface area contributed by atoms with Crippen LogP contribution >= 0.6 is 22.9 Å². The highest BCUT2D eigenvalue weighted by Crippen LogP contribution is 2.36. The van der Waals surface area contributed by atoms with Crippen LogP contribution in [0, 0.1) is 12.7 Å². The number of benzene rings is 2. The SMILES string of the molecule is Cc1ccc(Cl)c2sc(N(Cc3ccco3)C(=O)Cc3ccc(F)cc3)nc12. The Kier molecular flexibility index (Phi) is 5.15. The lowest BCUT2D eigenvalue weighted by molar-refractivity contribution is -0.118. The van der Waals surface area contributed by atoms with Gasteiger partial charge in [0.05, 0.1) is 34.5 Å². The van der Waals surface area contributed by atoms with E-state index in [0.29, 0.717) is 15.9 Å². The summed E-state index contributed by atoms with van der Waals surface area (Å²) >= 11 is 7.70. The Bertz CT molecular complexity index is 1080. The van der Waals surface area contributed by atoms with Crippen LogP contribution in [-0.4, -0.2) is 10.9 Å². The molecule has 0 saturated heterocycles. The monoisotopic (exact) mass is 414 g/mol. The summed E-state index contributed by atoms with van der Waals surface area (Å²) in [5.41, 5.74) is 2.50. The third-order valence-corrected chi connectivity index (χ3v) is 5.92. The third-order valence-electron chi connectivity index (χ3n) is 4.38. The largest absolute Gasteiger partial charge is 0.467 e. The van der Waals surface area contributed by atoms with Crippen LogP contribution in [0.2, 0.25) is 5.02 Å². The molecule has 0 N–H and O–H groups in total. The van der Waals surface area contributed by atoms with Gasteiger partial charge in [-0.15, -0.1) is 0 Å². The lowest BCUT2D eigenvalue weighted by Gasteiger charge is -2.18. The minimum Gasteiger partial charge on any atom is -0.467 e. The molecule has 7 heteroatoms. The fourth-order valence-corrected chi connectivity index (χ4v) is 4.23. The van der Waals surface area contributed by atoms with Crippen LogP contribution in [0.3, 0.4) is 0 Å². The zero-order valence-electron chi connectivity index (χ0n) is 15.0. The van der Waals surface area contributed by atoms with E-state index in [1.54, 1.807) is 29.4 Å². The molecule has 2 aromatic carbocycles. The first-order valence-corrected chi connectivity index (χ1v) is 9.83. The number of thiazole rings is 1. The van der Waals surface area contributed by atoms with Crippen molar-refractivity contribution in [1.82, 2.24) is 4.98 Å². The van der Waals surface area contributed by atoms with Crippen molar-refractivity contribution in [2.75, 3.05) is 4.90 Å². The normalized spacial score (nSPS) is 11.1. The fourth-order valence-electron chi connectivity index (χ4n) is 2.90. The molecule has 0 spiro atoms. The third kappa shape index (κ3) is 3.79. The summed E-state index contributed by atoms with van der Waals surface area (Å²) in [5.74, 6) is 0.158. The molecule has 0 aliphatic heterocycles. The molecule has 4 rings (SSSR count). The number of hydrogen-bond donors (Lipinski definition) is 0. The number of carbonyl (C=O) groups is 1.